The number of hydrogen-bond acceptors (Lipinski definition) is 3. The molecular weight excluding hydrogens is 160 g/mol. The lowest BCUT2D eigenvalue weighted by atomic mass is 10.2. The Kier molecular flexibility index (Phi) is 3.72. The topological polar surface area (TPSA) is 55.1 Å². The quantitative estimate of drug-likeness (QED) is 0.631. The van der Waals surface area contributed by atoms with Gasteiger partial charge in [-0.1, -0.05) is 0 Å². The van der Waals surface area contributed by atoms with Crippen LogP contribution in [0.5, 0.6) is 0 Å². The number of amides is 1. The van der Waals surface area contributed by atoms with Crippen molar-refractivity contribution in [2.24, 2.45) is 5.73 Å². The standard InChI is InChI=1S/C7H14N2OS/c8-3-4-9-7(10)6-2-1-5-11-6/h6H,1-5,8H2,(H,9,10). The minimum atomic E-state index is 0.165. The van der Waals surface area contributed by atoms with Crippen LogP contribution in [0.25, 0.3) is 0 Å². The number of carbonyl (C=O) groups is 1. The smallest absolute Gasteiger partial charge is 0.233 e. The fourth-order valence-corrected chi connectivity index (χ4v) is 2.28. The molecule has 64 valence electrons. The molecular formula is C7H14N2OS. The summed E-state index contributed by atoms with van der Waals surface area (Å²) >= 11 is 1.75. The first kappa shape index (κ1) is 8.87. The molecule has 11 heavy (non-hydrogen) atoms. The second-order valence-electron chi connectivity index (χ2n) is 2.58. The van der Waals surface area contributed by atoms with Crippen LogP contribution < -0.4 is 11.1 Å². The molecule has 1 fully saturated rings. The minimum absolute atomic E-state index is 0.165. The molecule has 0 bridgehead atoms. The monoisotopic (exact) mass is 174 g/mol. The summed E-state index contributed by atoms with van der Waals surface area (Å²) in [4.78, 5) is 11.2. The first-order chi connectivity index (χ1) is 5.34. The van der Waals surface area contributed by atoms with E-state index in [0.29, 0.717) is 13.1 Å². The molecule has 1 heterocycles. The van der Waals surface area contributed by atoms with E-state index in [4.69, 9.17) is 5.73 Å². The van der Waals surface area contributed by atoms with Gasteiger partial charge in [0.15, 0.2) is 0 Å². The summed E-state index contributed by atoms with van der Waals surface area (Å²) in [5.41, 5.74) is 5.25. The van der Waals surface area contributed by atoms with Gasteiger partial charge in [-0.3, -0.25) is 4.79 Å². The lowest BCUT2D eigenvalue weighted by Crippen LogP contribution is -2.34. The Bertz CT molecular complexity index is 134. The van der Waals surface area contributed by atoms with Gasteiger partial charge in [0.1, 0.15) is 0 Å². The molecule has 1 saturated heterocycles. The highest BCUT2D eigenvalue weighted by molar-refractivity contribution is 8.00. The van der Waals surface area contributed by atoms with E-state index in [1.807, 2.05) is 0 Å². The molecule has 1 unspecified atom stereocenters. The van der Waals surface area contributed by atoms with Crippen molar-refractivity contribution in [1.29, 1.82) is 0 Å². The molecule has 0 aromatic carbocycles. The minimum Gasteiger partial charge on any atom is -0.354 e. The maximum atomic E-state index is 11.2. The molecule has 3 N–H and O–H groups in total. The fourth-order valence-electron chi connectivity index (χ4n) is 1.09. The SMILES string of the molecule is NCCNC(=O)C1CCCS1. The van der Waals surface area contributed by atoms with E-state index >= 15 is 0 Å². The first-order valence-corrected chi connectivity index (χ1v) is 4.99. The number of carbonyl (C=O) groups excluding carboxylic acids is 1. The van der Waals surface area contributed by atoms with Gasteiger partial charge < -0.3 is 11.1 Å². The molecule has 0 spiro atoms. The highest BCUT2D eigenvalue weighted by Gasteiger charge is 2.22. The van der Waals surface area contributed by atoms with Crippen molar-refractivity contribution in [3.63, 3.8) is 0 Å². The Morgan fingerprint density at radius 3 is 3.09 bits per heavy atom. The number of hydrogen-bond donors (Lipinski definition) is 2. The van der Waals surface area contributed by atoms with Gasteiger partial charge in [0.2, 0.25) is 5.91 Å². The van der Waals surface area contributed by atoms with Crippen LogP contribution in [0.15, 0.2) is 0 Å². The molecule has 1 aliphatic rings. The summed E-state index contributed by atoms with van der Waals surface area (Å²) in [7, 11) is 0. The van der Waals surface area contributed by atoms with Crippen LogP contribution in [0.3, 0.4) is 0 Å². The number of nitrogens with two attached hydrogens (primary N) is 1. The maximum Gasteiger partial charge on any atom is 0.233 e. The molecule has 0 aromatic rings. The third-order valence-corrected chi connectivity index (χ3v) is 3.04. The van der Waals surface area contributed by atoms with Gasteiger partial charge in [-0.15, -0.1) is 11.8 Å². The zero-order chi connectivity index (χ0) is 8.10. The van der Waals surface area contributed by atoms with E-state index in [0.717, 1.165) is 12.2 Å². The van der Waals surface area contributed by atoms with Gasteiger partial charge in [0.25, 0.3) is 0 Å². The highest BCUT2D eigenvalue weighted by atomic mass is 32.2. The number of nitrogens with one attached hydrogen (secondary N) is 1. The van der Waals surface area contributed by atoms with Crippen LogP contribution in [-0.2, 0) is 4.79 Å². The zero-order valence-corrected chi connectivity index (χ0v) is 7.32. The van der Waals surface area contributed by atoms with Gasteiger partial charge in [0.05, 0.1) is 5.25 Å². The second-order valence-corrected chi connectivity index (χ2v) is 3.89. The molecule has 4 heteroatoms. The highest BCUT2D eigenvalue weighted by Crippen LogP contribution is 2.25. The Balaban J connectivity index is 2.17. The third-order valence-electron chi connectivity index (χ3n) is 1.67. The van der Waals surface area contributed by atoms with Crippen LogP contribution in [-0.4, -0.2) is 30.0 Å². The van der Waals surface area contributed by atoms with Crippen molar-refractivity contribution in [3.8, 4) is 0 Å². The normalized spacial score (nSPS) is 23.5. The van der Waals surface area contributed by atoms with Crippen LogP contribution in [0.2, 0.25) is 0 Å². The first-order valence-electron chi connectivity index (χ1n) is 3.94. The molecule has 0 aromatic heterocycles. The molecule has 0 saturated carbocycles. The van der Waals surface area contributed by atoms with Crippen molar-refractivity contribution in [2.75, 3.05) is 18.8 Å². The summed E-state index contributed by atoms with van der Waals surface area (Å²) in [5, 5.41) is 2.99. The van der Waals surface area contributed by atoms with E-state index in [1.54, 1.807) is 11.8 Å². The van der Waals surface area contributed by atoms with Crippen LogP contribution in [0, 0.1) is 0 Å². The molecule has 1 amide bonds. The average molecular weight is 174 g/mol. The predicted octanol–water partition coefficient (Wildman–Crippen LogP) is -0.0431. The largest absolute Gasteiger partial charge is 0.354 e. The van der Waals surface area contributed by atoms with Crippen molar-refractivity contribution in [1.82, 2.24) is 5.32 Å². The number of rotatable bonds is 3. The van der Waals surface area contributed by atoms with Crippen molar-refractivity contribution in [3.05, 3.63) is 0 Å². The molecule has 1 atom stereocenters. The van der Waals surface area contributed by atoms with Gasteiger partial charge in [0, 0.05) is 13.1 Å². The summed E-state index contributed by atoms with van der Waals surface area (Å²) < 4.78 is 0. The fraction of sp³-hybridized carbons (Fsp3) is 0.857. The van der Waals surface area contributed by atoms with Crippen molar-refractivity contribution in [2.45, 2.75) is 18.1 Å². The second kappa shape index (κ2) is 4.62. The van der Waals surface area contributed by atoms with E-state index in [1.165, 1.54) is 6.42 Å². The summed E-state index contributed by atoms with van der Waals surface area (Å²) in [6.45, 7) is 1.14. The van der Waals surface area contributed by atoms with Crippen LogP contribution in [0.4, 0.5) is 0 Å². The lowest BCUT2D eigenvalue weighted by Gasteiger charge is -2.07. The Morgan fingerprint density at radius 1 is 1.73 bits per heavy atom. The third kappa shape index (κ3) is 2.71. The van der Waals surface area contributed by atoms with Crippen molar-refractivity contribution < 1.29 is 4.79 Å². The Hall–Kier alpha value is -0.220. The maximum absolute atomic E-state index is 11.2. The van der Waals surface area contributed by atoms with Crippen molar-refractivity contribution >= 4 is 17.7 Å². The predicted molar refractivity (Wildman–Crippen MR) is 47.5 cm³/mol. The molecule has 1 rings (SSSR count). The molecule has 1 aliphatic heterocycles. The van der Waals surface area contributed by atoms with Gasteiger partial charge in [-0.2, -0.15) is 0 Å². The lowest BCUT2D eigenvalue weighted by molar-refractivity contribution is -0.120. The van der Waals surface area contributed by atoms with Gasteiger partial charge >= 0.3 is 0 Å². The van der Waals surface area contributed by atoms with Gasteiger partial charge in [-0.25, -0.2) is 0 Å². The van der Waals surface area contributed by atoms with E-state index in [2.05, 4.69) is 5.32 Å². The number of thioether (sulfide) groups is 1. The van der Waals surface area contributed by atoms with Gasteiger partial charge in [-0.05, 0) is 18.6 Å². The summed E-state index contributed by atoms with van der Waals surface area (Å²) in [6.07, 6.45) is 2.20. The summed E-state index contributed by atoms with van der Waals surface area (Å²) in [6, 6.07) is 0. The zero-order valence-electron chi connectivity index (χ0n) is 6.51. The van der Waals surface area contributed by atoms with Crippen LogP contribution in [0.1, 0.15) is 12.8 Å². The van der Waals surface area contributed by atoms with Crippen LogP contribution >= 0.6 is 11.8 Å². The van der Waals surface area contributed by atoms with E-state index < -0.39 is 0 Å². The molecule has 3 nitrogen and oxygen atoms in total. The molecule has 0 aliphatic carbocycles. The molecule has 0 radical (unpaired) electrons. The van der Waals surface area contributed by atoms with E-state index in [-0.39, 0.29) is 11.2 Å². The Morgan fingerprint density at radius 2 is 2.55 bits per heavy atom. The summed E-state index contributed by atoms with van der Waals surface area (Å²) in [5.74, 6) is 1.29. The Labute approximate surface area is 71.1 Å². The van der Waals surface area contributed by atoms with E-state index in [9.17, 15) is 4.79 Å². The average Bonchev–Trinajstić information content (AvgIpc) is 2.52.